The van der Waals surface area contributed by atoms with Crippen LogP contribution in [0.3, 0.4) is 0 Å². The van der Waals surface area contributed by atoms with Crippen molar-refractivity contribution in [3.63, 3.8) is 0 Å². The van der Waals surface area contributed by atoms with E-state index in [4.69, 9.17) is 10.5 Å². The van der Waals surface area contributed by atoms with Crippen LogP contribution >= 0.6 is 0 Å². The number of fused-ring (bicyclic) bond motifs is 1. The number of benzene rings is 1. The van der Waals surface area contributed by atoms with Crippen LogP contribution in [0.2, 0.25) is 0 Å². The second-order valence-corrected chi connectivity index (χ2v) is 6.00. The Bertz CT molecular complexity index is 986. The van der Waals surface area contributed by atoms with Gasteiger partial charge < -0.3 is 39.8 Å². The van der Waals surface area contributed by atoms with E-state index in [0.717, 1.165) is 29.2 Å². The van der Waals surface area contributed by atoms with Crippen LogP contribution in [0.5, 0.6) is 5.75 Å². The molecule has 3 N–H and O–H groups in total. The normalized spacial score (nSPS) is 10.5. The van der Waals surface area contributed by atoms with Gasteiger partial charge in [0.05, 0.1) is 32.6 Å². The number of nitrogens with zero attached hydrogens (tertiary/aromatic N) is 4. The number of anilines is 1. The first-order chi connectivity index (χ1) is 12.5. The lowest BCUT2D eigenvalue weighted by molar-refractivity contribution is -0.654. The fourth-order valence-electron chi connectivity index (χ4n) is 3.05. The first kappa shape index (κ1) is 20.9. The molecule has 0 spiro atoms. The number of carbonyl (C=O) groups is 1. The van der Waals surface area contributed by atoms with Gasteiger partial charge >= 0.3 is 0 Å². The summed E-state index contributed by atoms with van der Waals surface area (Å²) < 4.78 is 9.53. The molecule has 2 aromatic heterocycles. The number of imidazole rings is 1. The van der Waals surface area contributed by atoms with E-state index in [1.54, 1.807) is 14.0 Å². The molecule has 0 saturated carbocycles. The highest BCUT2D eigenvalue weighted by Gasteiger charge is 2.23. The van der Waals surface area contributed by atoms with Crippen LogP contribution in [0.15, 0.2) is 24.4 Å². The molecule has 1 aromatic carbocycles. The summed E-state index contributed by atoms with van der Waals surface area (Å²) in [5, 5.41) is 2.89. The van der Waals surface area contributed by atoms with E-state index in [-0.39, 0.29) is 41.4 Å². The lowest BCUT2D eigenvalue weighted by Gasteiger charge is -2.06. The van der Waals surface area contributed by atoms with Gasteiger partial charge in [0, 0.05) is 6.07 Å². The van der Waals surface area contributed by atoms with E-state index in [0.29, 0.717) is 12.2 Å². The number of hydrogen-bond donors (Lipinski definition) is 2. The molecule has 0 bridgehead atoms. The Kier molecular flexibility index (Phi) is 6.58. The van der Waals surface area contributed by atoms with Crippen molar-refractivity contribution in [3.8, 4) is 5.75 Å². The largest absolute Gasteiger partial charge is 1.00 e. The quantitative estimate of drug-likeness (QED) is 0.328. The van der Waals surface area contributed by atoms with Crippen LogP contribution in [0, 0.1) is 6.92 Å². The third-order valence-corrected chi connectivity index (χ3v) is 4.39. The van der Waals surface area contributed by atoms with Crippen molar-refractivity contribution in [1.29, 1.82) is 0 Å². The second kappa shape index (κ2) is 8.51. The standard InChI is InChI=1S/C18H22N6O2.HI/c1-5-24-14-8-12(26-4)6-7-13(14)23(3)15(24)10-21-18(25)16-17(19)20-9-11(2)22-16;/h6-9H,5,10H2,1-4H3,(H2-,19,20,21,25);1H. The average Bonchev–Trinajstić information content (AvgIpc) is 2.92. The third kappa shape index (κ3) is 3.97. The molecule has 144 valence electrons. The van der Waals surface area contributed by atoms with Crippen LogP contribution in [-0.2, 0) is 20.1 Å². The molecule has 0 unspecified atom stereocenters. The Balaban J connectivity index is 0.00000261. The lowest BCUT2D eigenvalue weighted by atomic mass is 10.3. The number of methoxy groups -OCH3 is 1. The van der Waals surface area contributed by atoms with Crippen molar-refractivity contribution in [2.45, 2.75) is 26.9 Å². The predicted octanol–water partition coefficient (Wildman–Crippen LogP) is -1.89. The predicted molar refractivity (Wildman–Crippen MR) is 97.7 cm³/mol. The smallest absolute Gasteiger partial charge is 0.276 e. The van der Waals surface area contributed by atoms with E-state index in [2.05, 4.69) is 31.3 Å². The molecule has 0 atom stereocenters. The third-order valence-electron chi connectivity index (χ3n) is 4.39. The number of hydrogen-bond acceptors (Lipinski definition) is 5. The molecule has 0 fully saturated rings. The topological polar surface area (TPSA) is 98.9 Å². The van der Waals surface area contributed by atoms with Gasteiger partial charge in [-0.2, -0.15) is 0 Å². The van der Waals surface area contributed by atoms with Crippen molar-refractivity contribution in [3.05, 3.63) is 41.6 Å². The van der Waals surface area contributed by atoms with Gasteiger partial charge in [0.15, 0.2) is 22.5 Å². The molecule has 3 rings (SSSR count). The van der Waals surface area contributed by atoms with Crippen LogP contribution in [-0.4, -0.2) is 27.6 Å². The van der Waals surface area contributed by atoms with Crippen molar-refractivity contribution in [1.82, 2.24) is 19.9 Å². The second-order valence-electron chi connectivity index (χ2n) is 6.00. The minimum Gasteiger partial charge on any atom is -1.00 e. The van der Waals surface area contributed by atoms with Crippen molar-refractivity contribution >= 4 is 22.8 Å². The highest BCUT2D eigenvalue weighted by Crippen LogP contribution is 2.20. The van der Waals surface area contributed by atoms with Crippen molar-refractivity contribution < 1.29 is 38.1 Å². The zero-order valence-electron chi connectivity index (χ0n) is 15.8. The first-order valence-corrected chi connectivity index (χ1v) is 8.38. The van der Waals surface area contributed by atoms with Gasteiger partial charge in [0.1, 0.15) is 12.3 Å². The molecule has 0 aliphatic carbocycles. The highest BCUT2D eigenvalue weighted by atomic mass is 127. The number of ether oxygens (including phenoxy) is 1. The Morgan fingerprint density at radius 2 is 2.15 bits per heavy atom. The maximum atomic E-state index is 12.5. The Hall–Kier alpha value is -2.43. The maximum Gasteiger partial charge on any atom is 0.276 e. The van der Waals surface area contributed by atoms with E-state index in [9.17, 15) is 4.79 Å². The number of nitrogens with one attached hydrogen (secondary N) is 1. The molecule has 0 aliphatic heterocycles. The number of carbonyl (C=O) groups excluding carboxylic acids is 1. The van der Waals surface area contributed by atoms with E-state index >= 15 is 0 Å². The summed E-state index contributed by atoms with van der Waals surface area (Å²) in [6, 6.07) is 5.93. The Labute approximate surface area is 174 Å². The fraction of sp³-hybridized carbons (Fsp3) is 0.333. The molecule has 0 aliphatic rings. The van der Waals surface area contributed by atoms with Gasteiger partial charge in [0.25, 0.3) is 11.7 Å². The molecule has 1 amide bonds. The summed E-state index contributed by atoms with van der Waals surface area (Å²) in [6.45, 7) is 4.94. The minimum absolute atomic E-state index is 0. The molecule has 9 heteroatoms. The van der Waals surface area contributed by atoms with Crippen molar-refractivity contribution in [2.75, 3.05) is 12.8 Å². The lowest BCUT2D eigenvalue weighted by Crippen LogP contribution is -3.00. The zero-order chi connectivity index (χ0) is 18.8. The van der Waals surface area contributed by atoms with Gasteiger partial charge in [-0.05, 0) is 26.0 Å². The van der Waals surface area contributed by atoms with Gasteiger partial charge in [-0.3, -0.25) is 4.79 Å². The first-order valence-electron chi connectivity index (χ1n) is 8.38. The highest BCUT2D eigenvalue weighted by molar-refractivity contribution is 5.96. The number of aryl methyl sites for hydroxylation is 3. The summed E-state index contributed by atoms with van der Waals surface area (Å²) in [6.07, 6.45) is 1.54. The molecule has 2 heterocycles. The number of halogens is 1. The molecule has 3 aromatic rings. The van der Waals surface area contributed by atoms with Crippen LogP contribution in [0.25, 0.3) is 11.0 Å². The minimum atomic E-state index is -0.343. The van der Waals surface area contributed by atoms with E-state index in [1.807, 2.05) is 25.2 Å². The van der Waals surface area contributed by atoms with Gasteiger partial charge in [-0.1, -0.05) is 0 Å². The number of nitrogen functional groups attached to an aromatic ring is 1. The SMILES string of the molecule is CCn1c(CNC(=O)c2nc(C)cnc2N)[n+](C)c2ccc(OC)cc21.[I-]. The molecular formula is C18H23IN6O2. The zero-order valence-corrected chi connectivity index (χ0v) is 17.9. The van der Waals surface area contributed by atoms with E-state index < -0.39 is 0 Å². The van der Waals surface area contributed by atoms with E-state index in [1.165, 1.54) is 6.20 Å². The number of rotatable bonds is 5. The Morgan fingerprint density at radius 3 is 2.81 bits per heavy atom. The summed E-state index contributed by atoms with van der Waals surface area (Å²) in [5.41, 5.74) is 8.68. The van der Waals surface area contributed by atoms with Gasteiger partial charge in [0.2, 0.25) is 0 Å². The Morgan fingerprint density at radius 1 is 1.41 bits per heavy atom. The average molecular weight is 482 g/mol. The summed E-state index contributed by atoms with van der Waals surface area (Å²) in [4.78, 5) is 20.7. The van der Waals surface area contributed by atoms with Crippen molar-refractivity contribution in [2.24, 2.45) is 7.05 Å². The number of aromatic nitrogens is 4. The van der Waals surface area contributed by atoms with Gasteiger partial charge in [-0.25, -0.2) is 19.1 Å². The molecule has 27 heavy (non-hydrogen) atoms. The monoisotopic (exact) mass is 482 g/mol. The summed E-state index contributed by atoms with van der Waals surface area (Å²) in [7, 11) is 3.62. The summed E-state index contributed by atoms with van der Waals surface area (Å²) >= 11 is 0. The number of amides is 1. The maximum absolute atomic E-state index is 12.5. The van der Waals surface area contributed by atoms with Crippen LogP contribution < -0.4 is 44.3 Å². The molecular weight excluding hydrogens is 459 g/mol. The molecule has 0 radical (unpaired) electrons. The van der Waals surface area contributed by atoms with Gasteiger partial charge in [-0.15, -0.1) is 0 Å². The van der Waals surface area contributed by atoms with Crippen LogP contribution in [0.1, 0.15) is 28.9 Å². The summed E-state index contributed by atoms with van der Waals surface area (Å²) in [5.74, 6) is 1.54. The molecule has 0 saturated heterocycles. The fourth-order valence-corrected chi connectivity index (χ4v) is 3.05. The van der Waals surface area contributed by atoms with Crippen LogP contribution in [0.4, 0.5) is 5.82 Å². The number of nitrogens with two attached hydrogens (primary N) is 1. The molecule has 8 nitrogen and oxygen atoms in total.